The molecule has 2 rings (SSSR count). The van der Waals surface area contributed by atoms with E-state index in [1.165, 1.54) is 0 Å². The molecule has 0 unspecified atom stereocenters. The average molecular weight is 244 g/mol. The zero-order valence-corrected chi connectivity index (χ0v) is 10.9. The van der Waals surface area contributed by atoms with Gasteiger partial charge in [0.2, 0.25) is 11.6 Å². The lowest BCUT2D eigenvalue weighted by Crippen LogP contribution is -2.13. The van der Waals surface area contributed by atoms with Crippen molar-refractivity contribution in [3.63, 3.8) is 0 Å². The van der Waals surface area contributed by atoms with Crippen molar-refractivity contribution in [2.75, 3.05) is 0 Å². The van der Waals surface area contributed by atoms with Gasteiger partial charge < -0.3 is 4.57 Å². The molecule has 0 atom stereocenters. The Bertz CT molecular complexity index is 626. The predicted molar refractivity (Wildman–Crippen MR) is 69.7 cm³/mol. The van der Waals surface area contributed by atoms with Crippen LogP contribution in [0.3, 0.4) is 0 Å². The van der Waals surface area contributed by atoms with Crippen LogP contribution in [0.1, 0.15) is 35.9 Å². The molecule has 1 aromatic heterocycles. The maximum atomic E-state index is 11.9. The van der Waals surface area contributed by atoms with Gasteiger partial charge in [-0.25, -0.2) is 4.98 Å². The van der Waals surface area contributed by atoms with Crippen molar-refractivity contribution < 1.29 is 9.59 Å². The smallest absolute Gasteiger partial charge is 0.228 e. The molecule has 0 fully saturated rings. The van der Waals surface area contributed by atoms with Crippen LogP contribution in [0, 0.1) is 6.92 Å². The highest BCUT2D eigenvalue weighted by molar-refractivity contribution is 6.43. The van der Waals surface area contributed by atoms with E-state index < -0.39 is 5.78 Å². The minimum atomic E-state index is -0.415. The first kappa shape index (κ1) is 12.5. The Balaban J connectivity index is 2.41. The van der Waals surface area contributed by atoms with Gasteiger partial charge in [0.15, 0.2) is 0 Å². The quantitative estimate of drug-likeness (QED) is 0.613. The van der Waals surface area contributed by atoms with Crippen LogP contribution in [-0.2, 0) is 11.8 Å². The molecule has 0 aliphatic heterocycles. The summed E-state index contributed by atoms with van der Waals surface area (Å²) in [4.78, 5) is 27.8. The second-order valence-corrected chi connectivity index (χ2v) is 4.42. The molecule has 0 radical (unpaired) electrons. The Morgan fingerprint density at radius 1 is 1.33 bits per heavy atom. The van der Waals surface area contributed by atoms with Gasteiger partial charge in [-0.2, -0.15) is 0 Å². The number of aromatic nitrogens is 2. The lowest BCUT2D eigenvalue weighted by molar-refractivity contribution is -0.115. The van der Waals surface area contributed by atoms with Gasteiger partial charge in [0, 0.05) is 19.0 Å². The Morgan fingerprint density at radius 3 is 2.72 bits per heavy atom. The normalized spacial score (nSPS) is 10.8. The minimum Gasteiger partial charge on any atom is -0.331 e. The van der Waals surface area contributed by atoms with Crippen LogP contribution in [0.5, 0.6) is 0 Å². The molecule has 0 saturated carbocycles. The van der Waals surface area contributed by atoms with E-state index in [0.717, 1.165) is 16.9 Å². The Morgan fingerprint density at radius 2 is 2.06 bits per heavy atom. The number of rotatable bonds is 4. The summed E-state index contributed by atoms with van der Waals surface area (Å²) >= 11 is 0. The second-order valence-electron chi connectivity index (χ2n) is 4.42. The fraction of sp³-hybridized carbons (Fsp3) is 0.357. The molecule has 1 aromatic carbocycles. The molecule has 0 amide bonds. The average Bonchev–Trinajstić information content (AvgIpc) is 2.64. The van der Waals surface area contributed by atoms with Crippen molar-refractivity contribution in [3.05, 3.63) is 29.6 Å². The number of ketones is 2. The predicted octanol–water partition coefficient (Wildman–Crippen LogP) is 2.43. The van der Waals surface area contributed by atoms with E-state index in [4.69, 9.17) is 0 Å². The van der Waals surface area contributed by atoms with Gasteiger partial charge in [-0.05, 0) is 31.5 Å². The monoisotopic (exact) mass is 244 g/mol. The van der Waals surface area contributed by atoms with Gasteiger partial charge >= 0.3 is 0 Å². The number of Topliss-reactive ketones (excluding diaryl/α,β-unsaturated/α-hetero) is 2. The molecule has 18 heavy (non-hydrogen) atoms. The molecular weight excluding hydrogens is 228 g/mol. The van der Waals surface area contributed by atoms with Gasteiger partial charge in [-0.15, -0.1) is 0 Å². The highest BCUT2D eigenvalue weighted by atomic mass is 16.2. The summed E-state index contributed by atoms with van der Waals surface area (Å²) in [6, 6.07) is 5.22. The van der Waals surface area contributed by atoms with E-state index in [1.807, 2.05) is 31.5 Å². The molecule has 0 N–H and O–H groups in total. The summed E-state index contributed by atoms with van der Waals surface area (Å²) in [5, 5.41) is 0. The molecular formula is C14H16N2O2. The summed E-state index contributed by atoms with van der Waals surface area (Å²) in [5.74, 6) is 0.140. The minimum absolute atomic E-state index is 0.304. The van der Waals surface area contributed by atoms with Crippen molar-refractivity contribution >= 4 is 22.6 Å². The maximum absolute atomic E-state index is 11.9. The van der Waals surface area contributed by atoms with E-state index in [-0.39, 0.29) is 5.78 Å². The van der Waals surface area contributed by atoms with Crippen LogP contribution in [0.25, 0.3) is 11.0 Å². The molecule has 4 heteroatoms. The topological polar surface area (TPSA) is 52.0 Å². The number of imidazole rings is 1. The third-order valence-electron chi connectivity index (χ3n) is 3.10. The summed E-state index contributed by atoms with van der Waals surface area (Å²) in [7, 11) is 1.92. The number of carbonyl (C=O) groups is 2. The number of hydrogen-bond acceptors (Lipinski definition) is 3. The molecule has 0 aliphatic carbocycles. The molecule has 1 heterocycles. The van der Waals surface area contributed by atoms with Crippen LogP contribution < -0.4 is 0 Å². The van der Waals surface area contributed by atoms with Crippen LogP contribution in [0.4, 0.5) is 0 Å². The van der Waals surface area contributed by atoms with Crippen molar-refractivity contribution in [3.8, 4) is 0 Å². The molecule has 0 saturated heterocycles. The summed E-state index contributed by atoms with van der Waals surface area (Å²) < 4.78 is 1.96. The standard InChI is InChI=1S/C14H16N2O2/c1-4-5-13(17)14(18)10-6-7-12-11(8-10)15-9(2)16(12)3/h6-8H,4-5H2,1-3H3. The van der Waals surface area contributed by atoms with E-state index in [1.54, 1.807) is 12.1 Å². The van der Waals surface area contributed by atoms with Crippen LogP contribution in [0.15, 0.2) is 18.2 Å². The van der Waals surface area contributed by atoms with E-state index >= 15 is 0 Å². The number of fused-ring (bicyclic) bond motifs is 1. The molecule has 0 spiro atoms. The number of hydrogen-bond donors (Lipinski definition) is 0. The van der Waals surface area contributed by atoms with Crippen LogP contribution >= 0.6 is 0 Å². The number of benzene rings is 1. The fourth-order valence-electron chi connectivity index (χ4n) is 1.96. The molecule has 0 bridgehead atoms. The van der Waals surface area contributed by atoms with E-state index in [2.05, 4.69) is 4.98 Å². The number of carbonyl (C=O) groups excluding carboxylic acids is 2. The molecule has 4 nitrogen and oxygen atoms in total. The van der Waals surface area contributed by atoms with Crippen molar-refractivity contribution in [1.82, 2.24) is 9.55 Å². The maximum Gasteiger partial charge on any atom is 0.228 e. The van der Waals surface area contributed by atoms with Gasteiger partial charge in [-0.3, -0.25) is 9.59 Å². The van der Waals surface area contributed by atoms with Crippen molar-refractivity contribution in [1.29, 1.82) is 0 Å². The molecule has 94 valence electrons. The lowest BCUT2D eigenvalue weighted by Gasteiger charge is -2.00. The number of nitrogens with zero attached hydrogens (tertiary/aromatic N) is 2. The second kappa shape index (κ2) is 4.72. The molecule has 2 aromatic rings. The highest BCUT2D eigenvalue weighted by Crippen LogP contribution is 2.17. The van der Waals surface area contributed by atoms with E-state index in [0.29, 0.717) is 18.4 Å². The summed E-state index contributed by atoms with van der Waals surface area (Å²) in [6.07, 6.45) is 0.994. The Hall–Kier alpha value is -1.97. The van der Waals surface area contributed by atoms with Gasteiger partial charge in [-0.1, -0.05) is 6.92 Å². The van der Waals surface area contributed by atoms with Gasteiger partial charge in [0.05, 0.1) is 11.0 Å². The van der Waals surface area contributed by atoms with Gasteiger partial charge in [0.1, 0.15) is 5.82 Å². The zero-order chi connectivity index (χ0) is 13.3. The van der Waals surface area contributed by atoms with Crippen molar-refractivity contribution in [2.45, 2.75) is 26.7 Å². The first-order chi connectivity index (χ1) is 8.54. The fourth-order valence-corrected chi connectivity index (χ4v) is 1.96. The lowest BCUT2D eigenvalue weighted by atomic mass is 10.0. The largest absolute Gasteiger partial charge is 0.331 e. The van der Waals surface area contributed by atoms with Gasteiger partial charge in [0.25, 0.3) is 0 Å². The highest BCUT2D eigenvalue weighted by Gasteiger charge is 2.16. The van der Waals surface area contributed by atoms with Crippen LogP contribution in [0.2, 0.25) is 0 Å². The van der Waals surface area contributed by atoms with Crippen molar-refractivity contribution in [2.24, 2.45) is 7.05 Å². The Kier molecular flexibility index (Phi) is 3.28. The summed E-state index contributed by atoms with van der Waals surface area (Å²) in [5.41, 5.74) is 2.15. The van der Waals surface area contributed by atoms with Crippen LogP contribution in [-0.4, -0.2) is 21.1 Å². The first-order valence-corrected chi connectivity index (χ1v) is 6.05. The zero-order valence-electron chi connectivity index (χ0n) is 10.9. The first-order valence-electron chi connectivity index (χ1n) is 6.05. The SMILES string of the molecule is CCCC(=O)C(=O)c1ccc2c(c1)nc(C)n2C. The summed E-state index contributed by atoms with van der Waals surface area (Å²) in [6.45, 7) is 3.79. The van der Waals surface area contributed by atoms with E-state index in [9.17, 15) is 9.59 Å². The molecule has 0 aliphatic rings. The number of aryl methyl sites for hydroxylation is 2. The Labute approximate surface area is 106 Å². The third-order valence-corrected chi connectivity index (χ3v) is 3.10. The third kappa shape index (κ3) is 2.06.